The maximum Gasteiger partial charge on any atom is 0.412 e. The number of amides is 2. The number of ether oxygens (including phenoxy) is 1. The predicted octanol–water partition coefficient (Wildman–Crippen LogP) is 4.42. The molecule has 0 aliphatic heterocycles. The zero-order valence-corrected chi connectivity index (χ0v) is 17.5. The van der Waals surface area contributed by atoms with Crippen LogP contribution in [0.4, 0.5) is 10.5 Å². The highest BCUT2D eigenvalue weighted by Crippen LogP contribution is 2.38. The Hall–Kier alpha value is -2.90. The summed E-state index contributed by atoms with van der Waals surface area (Å²) in [5.41, 5.74) is 0.429. The number of nitrogens with one attached hydrogen (secondary N) is 2. The molecule has 156 valence electrons. The number of anilines is 1. The van der Waals surface area contributed by atoms with E-state index in [4.69, 9.17) is 9.26 Å². The molecule has 3 rings (SSSR count). The Morgan fingerprint density at radius 3 is 2.38 bits per heavy atom. The van der Waals surface area contributed by atoms with E-state index in [0.29, 0.717) is 23.1 Å². The summed E-state index contributed by atoms with van der Waals surface area (Å²) < 4.78 is 10.6. The third-order valence-corrected chi connectivity index (χ3v) is 4.41. The molecule has 1 aromatic heterocycles. The van der Waals surface area contributed by atoms with Gasteiger partial charge in [-0.2, -0.15) is 4.98 Å². The lowest BCUT2D eigenvalue weighted by Crippen LogP contribution is -2.32. The summed E-state index contributed by atoms with van der Waals surface area (Å²) in [5, 5.41) is 9.64. The molecule has 2 aromatic rings. The van der Waals surface area contributed by atoms with E-state index in [0.717, 1.165) is 18.7 Å². The molecule has 1 saturated carbocycles. The van der Waals surface area contributed by atoms with Crippen LogP contribution in [0.3, 0.4) is 0 Å². The first-order valence-corrected chi connectivity index (χ1v) is 9.87. The molecule has 0 spiro atoms. The van der Waals surface area contributed by atoms with Gasteiger partial charge in [0.05, 0.1) is 0 Å². The highest BCUT2D eigenvalue weighted by Gasteiger charge is 2.31. The van der Waals surface area contributed by atoms with Crippen molar-refractivity contribution in [2.45, 2.75) is 65.0 Å². The van der Waals surface area contributed by atoms with Crippen molar-refractivity contribution in [3.05, 3.63) is 41.5 Å². The Labute approximate surface area is 170 Å². The Morgan fingerprint density at radius 1 is 1.17 bits per heavy atom. The second kappa shape index (κ2) is 8.23. The van der Waals surface area contributed by atoms with Crippen LogP contribution in [0.25, 0.3) is 0 Å². The van der Waals surface area contributed by atoms with Crippen LogP contribution in [0.5, 0.6) is 0 Å². The van der Waals surface area contributed by atoms with E-state index in [1.54, 1.807) is 45.0 Å². The molecule has 29 heavy (non-hydrogen) atoms. The number of hydrogen-bond acceptors (Lipinski definition) is 6. The Bertz CT molecular complexity index is 864. The summed E-state index contributed by atoms with van der Waals surface area (Å²) in [6.45, 7) is 9.35. The second-order valence-electron chi connectivity index (χ2n) is 8.66. The first kappa shape index (κ1) is 20.8. The maximum absolute atomic E-state index is 12.7. The van der Waals surface area contributed by atoms with Gasteiger partial charge in [-0.3, -0.25) is 10.1 Å². The second-order valence-corrected chi connectivity index (χ2v) is 8.66. The van der Waals surface area contributed by atoms with E-state index in [1.807, 2.05) is 13.8 Å². The van der Waals surface area contributed by atoms with Crippen molar-refractivity contribution in [3.63, 3.8) is 0 Å². The van der Waals surface area contributed by atoms with Gasteiger partial charge in [0.15, 0.2) is 5.82 Å². The third kappa shape index (κ3) is 5.79. The Kier molecular flexibility index (Phi) is 5.91. The summed E-state index contributed by atoms with van der Waals surface area (Å²) in [4.78, 5) is 29.0. The molecule has 0 radical (unpaired) electrons. The number of carbonyl (C=O) groups is 2. The molecule has 1 atom stereocenters. The van der Waals surface area contributed by atoms with Gasteiger partial charge in [-0.25, -0.2) is 4.79 Å². The molecule has 1 unspecified atom stereocenters. The van der Waals surface area contributed by atoms with Gasteiger partial charge in [0.1, 0.15) is 11.6 Å². The largest absolute Gasteiger partial charge is 0.444 e. The SMILES string of the molecule is CC(C)C(NC(=O)c1ccc(NC(=O)OC(C)(C)C)cc1)c1nc(C2CC2)no1. The number of benzene rings is 1. The fraction of sp³-hybridized carbons (Fsp3) is 0.524. The molecule has 8 nitrogen and oxygen atoms in total. The van der Waals surface area contributed by atoms with E-state index >= 15 is 0 Å². The highest BCUT2D eigenvalue weighted by atomic mass is 16.6. The first-order valence-electron chi connectivity index (χ1n) is 9.87. The molecule has 8 heteroatoms. The van der Waals surface area contributed by atoms with Crippen molar-refractivity contribution in [1.29, 1.82) is 0 Å². The van der Waals surface area contributed by atoms with E-state index in [9.17, 15) is 9.59 Å². The van der Waals surface area contributed by atoms with E-state index in [-0.39, 0.29) is 17.9 Å². The van der Waals surface area contributed by atoms with Gasteiger partial charge in [-0.15, -0.1) is 0 Å². The third-order valence-electron chi connectivity index (χ3n) is 4.41. The number of carbonyl (C=O) groups excluding carboxylic acids is 2. The summed E-state index contributed by atoms with van der Waals surface area (Å²) in [7, 11) is 0. The minimum atomic E-state index is -0.579. The lowest BCUT2D eigenvalue weighted by molar-refractivity contribution is 0.0635. The van der Waals surface area contributed by atoms with Gasteiger partial charge in [-0.1, -0.05) is 19.0 Å². The van der Waals surface area contributed by atoms with Crippen molar-refractivity contribution in [1.82, 2.24) is 15.5 Å². The normalized spacial score (nSPS) is 15.1. The van der Waals surface area contributed by atoms with Crippen LogP contribution in [0.15, 0.2) is 28.8 Å². The average molecular weight is 400 g/mol. The number of nitrogens with zero attached hydrogens (tertiary/aromatic N) is 2. The lowest BCUT2D eigenvalue weighted by Gasteiger charge is -2.20. The van der Waals surface area contributed by atoms with E-state index in [1.165, 1.54) is 0 Å². The zero-order valence-electron chi connectivity index (χ0n) is 17.5. The summed E-state index contributed by atoms with van der Waals surface area (Å²) in [5.74, 6) is 1.37. The molecule has 1 aromatic carbocycles. The molecular formula is C21H28N4O4. The average Bonchev–Trinajstić information content (AvgIpc) is 3.36. The standard InChI is InChI=1S/C21H28N4O4/c1-12(2)16(19-24-17(25-29-19)13-6-7-13)23-18(26)14-8-10-15(11-9-14)22-20(27)28-21(3,4)5/h8-13,16H,6-7H2,1-5H3,(H,22,27)(H,23,26). The molecule has 1 aliphatic rings. The van der Waals surface area contributed by atoms with Crippen molar-refractivity contribution in [3.8, 4) is 0 Å². The van der Waals surface area contributed by atoms with Crippen LogP contribution in [0, 0.1) is 5.92 Å². The smallest absolute Gasteiger partial charge is 0.412 e. The number of aromatic nitrogens is 2. The van der Waals surface area contributed by atoms with Gasteiger partial charge >= 0.3 is 6.09 Å². The van der Waals surface area contributed by atoms with E-state index < -0.39 is 11.7 Å². The van der Waals surface area contributed by atoms with Gasteiger partial charge in [0.2, 0.25) is 5.89 Å². The van der Waals surface area contributed by atoms with Gasteiger partial charge in [-0.05, 0) is 63.8 Å². The van der Waals surface area contributed by atoms with Crippen molar-refractivity contribution < 1.29 is 18.8 Å². The minimum Gasteiger partial charge on any atom is -0.444 e. The monoisotopic (exact) mass is 400 g/mol. The summed E-state index contributed by atoms with van der Waals surface area (Å²) in [6, 6.07) is 6.22. The molecule has 1 fully saturated rings. The first-order chi connectivity index (χ1) is 13.6. The lowest BCUT2D eigenvalue weighted by atomic mass is 10.0. The topological polar surface area (TPSA) is 106 Å². The van der Waals surface area contributed by atoms with Crippen LogP contribution in [-0.4, -0.2) is 27.7 Å². The Balaban J connectivity index is 1.63. The van der Waals surface area contributed by atoms with Crippen LogP contribution >= 0.6 is 0 Å². The molecule has 1 heterocycles. The zero-order chi connectivity index (χ0) is 21.2. The molecule has 2 amide bonds. The Morgan fingerprint density at radius 2 is 1.83 bits per heavy atom. The number of rotatable bonds is 6. The molecule has 2 N–H and O–H groups in total. The fourth-order valence-electron chi connectivity index (χ4n) is 2.75. The van der Waals surface area contributed by atoms with E-state index in [2.05, 4.69) is 20.8 Å². The molecule has 0 bridgehead atoms. The van der Waals surface area contributed by atoms with Crippen LogP contribution in [0.1, 0.15) is 81.5 Å². The highest BCUT2D eigenvalue weighted by molar-refractivity contribution is 5.95. The fourth-order valence-corrected chi connectivity index (χ4v) is 2.75. The molecule has 1 aliphatic carbocycles. The quantitative estimate of drug-likeness (QED) is 0.743. The van der Waals surface area contributed by atoms with Crippen LogP contribution in [-0.2, 0) is 4.74 Å². The predicted molar refractivity (Wildman–Crippen MR) is 108 cm³/mol. The van der Waals surface area contributed by atoms with Crippen LogP contribution in [0.2, 0.25) is 0 Å². The summed E-state index contributed by atoms with van der Waals surface area (Å²) in [6.07, 6.45) is 1.63. The molecule has 0 saturated heterocycles. The number of hydrogen-bond donors (Lipinski definition) is 2. The minimum absolute atomic E-state index is 0.0829. The van der Waals surface area contributed by atoms with Crippen molar-refractivity contribution >= 4 is 17.7 Å². The van der Waals surface area contributed by atoms with Crippen molar-refractivity contribution in [2.75, 3.05) is 5.32 Å². The molecular weight excluding hydrogens is 372 g/mol. The van der Waals surface area contributed by atoms with Crippen molar-refractivity contribution in [2.24, 2.45) is 5.92 Å². The van der Waals surface area contributed by atoms with Crippen LogP contribution < -0.4 is 10.6 Å². The maximum atomic E-state index is 12.7. The van der Waals surface area contributed by atoms with Gasteiger partial charge in [0.25, 0.3) is 5.91 Å². The van der Waals surface area contributed by atoms with Gasteiger partial charge in [0, 0.05) is 17.2 Å². The van der Waals surface area contributed by atoms with Gasteiger partial charge < -0.3 is 14.6 Å². The summed E-state index contributed by atoms with van der Waals surface area (Å²) >= 11 is 0.